The Hall–Kier alpha value is -3.84. The third kappa shape index (κ3) is 5.62. The molecule has 1 aromatic carbocycles. The maximum absolute atomic E-state index is 13.5. The lowest BCUT2D eigenvalue weighted by atomic mass is 9.96. The number of amides is 2. The van der Waals surface area contributed by atoms with E-state index in [0.717, 1.165) is 30.6 Å². The highest BCUT2D eigenvalue weighted by atomic mass is 32.1. The third-order valence-corrected chi connectivity index (χ3v) is 7.04. The Morgan fingerprint density at radius 1 is 1.19 bits per heavy atom. The van der Waals surface area contributed by atoms with Crippen LogP contribution in [-0.4, -0.2) is 35.4 Å². The first-order chi connectivity index (χ1) is 17.9. The Labute approximate surface area is 216 Å². The summed E-state index contributed by atoms with van der Waals surface area (Å²) in [6.07, 6.45) is 4.35. The van der Waals surface area contributed by atoms with Crippen molar-refractivity contribution in [3.05, 3.63) is 52.8 Å². The van der Waals surface area contributed by atoms with Gasteiger partial charge in [-0.2, -0.15) is 0 Å². The molecule has 1 aliphatic heterocycles. The van der Waals surface area contributed by atoms with Crippen LogP contribution in [0.3, 0.4) is 0 Å². The van der Waals surface area contributed by atoms with E-state index in [1.165, 1.54) is 30.7 Å². The number of hydrogen-bond donors (Lipinski definition) is 1. The van der Waals surface area contributed by atoms with Crippen LogP contribution < -0.4 is 15.0 Å². The number of methoxy groups -OCH3 is 1. The molecular weight excluding hydrogens is 498 g/mol. The van der Waals surface area contributed by atoms with Gasteiger partial charge in [0.1, 0.15) is 11.4 Å². The molecule has 0 atom stereocenters. The van der Waals surface area contributed by atoms with Gasteiger partial charge in [-0.25, -0.2) is 13.8 Å². The number of pyridine rings is 1. The van der Waals surface area contributed by atoms with Crippen LogP contribution in [0.5, 0.6) is 5.75 Å². The Kier molecular flexibility index (Phi) is 7.15. The minimum atomic E-state index is -2.81. The number of ether oxygens (including phenoxy) is 1. The molecule has 0 spiro atoms. The number of halogens is 2. The highest BCUT2D eigenvalue weighted by Gasteiger charge is 2.25. The molecule has 2 amide bonds. The maximum Gasteiger partial charge on any atom is 0.280 e. The van der Waals surface area contributed by atoms with Crippen LogP contribution in [0.25, 0.3) is 11.1 Å². The van der Waals surface area contributed by atoms with Crippen molar-refractivity contribution in [2.24, 2.45) is 5.92 Å². The van der Waals surface area contributed by atoms with Crippen LogP contribution in [0.1, 0.15) is 59.5 Å². The second-order valence-electron chi connectivity index (χ2n) is 8.87. The molecule has 1 aliphatic carbocycles. The Balaban J connectivity index is 1.53. The van der Waals surface area contributed by atoms with Gasteiger partial charge in [-0.05, 0) is 49.9 Å². The molecule has 1 saturated heterocycles. The lowest BCUT2D eigenvalue weighted by Crippen LogP contribution is -2.35. The first kappa shape index (κ1) is 24.8. The van der Waals surface area contributed by atoms with Crippen LogP contribution in [0, 0.1) is 17.8 Å². The lowest BCUT2D eigenvalue weighted by molar-refractivity contribution is -0.119. The molecule has 1 N–H and O–H groups in total. The van der Waals surface area contributed by atoms with Gasteiger partial charge >= 0.3 is 0 Å². The second-order valence-corrected chi connectivity index (χ2v) is 9.90. The van der Waals surface area contributed by atoms with Crippen LogP contribution in [0.2, 0.25) is 0 Å². The molecule has 10 heteroatoms. The lowest BCUT2D eigenvalue weighted by Gasteiger charge is -2.27. The Morgan fingerprint density at radius 3 is 2.76 bits per heavy atom. The zero-order valence-electron chi connectivity index (χ0n) is 20.1. The van der Waals surface area contributed by atoms with Crippen molar-refractivity contribution in [2.45, 2.75) is 38.5 Å². The summed E-state index contributed by atoms with van der Waals surface area (Å²) in [5.74, 6) is 6.43. The van der Waals surface area contributed by atoms with Gasteiger partial charge in [0.15, 0.2) is 5.13 Å². The van der Waals surface area contributed by atoms with E-state index in [4.69, 9.17) is 4.74 Å². The van der Waals surface area contributed by atoms with E-state index in [0.29, 0.717) is 35.3 Å². The predicted octanol–water partition coefficient (Wildman–Crippen LogP) is 5.68. The quantitative estimate of drug-likeness (QED) is 0.421. The largest absolute Gasteiger partial charge is 0.494 e. The number of alkyl halides is 2. The molecule has 190 valence electrons. The maximum atomic E-state index is 13.5. The van der Waals surface area contributed by atoms with Crippen molar-refractivity contribution in [1.82, 2.24) is 9.97 Å². The summed E-state index contributed by atoms with van der Waals surface area (Å²) in [6.45, 7) is 0.545. The number of thiazole rings is 1. The molecular formula is C27H24F2N4O3S. The fourth-order valence-electron chi connectivity index (χ4n) is 4.11. The van der Waals surface area contributed by atoms with Gasteiger partial charge in [0, 0.05) is 41.3 Å². The molecule has 7 nitrogen and oxygen atoms in total. The molecule has 3 heterocycles. The SMILES string of the molecule is COc1cnc(C(F)F)cc1-c1cc(N2CCCCC2=O)ccc1C(=O)Nc1ncc(C#CC2CC2)s1. The fourth-order valence-corrected chi connectivity index (χ4v) is 4.78. The molecule has 0 radical (unpaired) electrons. The molecule has 37 heavy (non-hydrogen) atoms. The monoisotopic (exact) mass is 522 g/mol. The van der Waals surface area contributed by atoms with Crippen LogP contribution >= 0.6 is 11.3 Å². The van der Waals surface area contributed by atoms with E-state index in [1.54, 1.807) is 29.3 Å². The molecule has 0 unspecified atom stereocenters. The molecule has 2 aliphatic rings. The zero-order chi connectivity index (χ0) is 25.9. The Morgan fingerprint density at radius 2 is 2.03 bits per heavy atom. The van der Waals surface area contributed by atoms with Crippen LogP contribution in [0.15, 0.2) is 36.7 Å². The number of benzene rings is 1. The van der Waals surface area contributed by atoms with Gasteiger partial charge in [-0.1, -0.05) is 23.2 Å². The number of aromatic nitrogens is 2. The highest BCUT2D eigenvalue weighted by Crippen LogP contribution is 2.38. The zero-order valence-corrected chi connectivity index (χ0v) is 20.9. The molecule has 0 bridgehead atoms. The van der Waals surface area contributed by atoms with Gasteiger partial charge < -0.3 is 9.64 Å². The molecule has 1 saturated carbocycles. The van der Waals surface area contributed by atoms with E-state index >= 15 is 0 Å². The average Bonchev–Trinajstić information content (AvgIpc) is 3.64. The molecule has 5 rings (SSSR count). The normalized spacial score (nSPS) is 15.4. The van der Waals surface area contributed by atoms with Crippen molar-refractivity contribution in [2.75, 3.05) is 23.9 Å². The second kappa shape index (κ2) is 10.6. The molecule has 2 fully saturated rings. The van der Waals surface area contributed by atoms with E-state index in [-0.39, 0.29) is 22.8 Å². The third-order valence-electron chi connectivity index (χ3n) is 6.21. The first-order valence-electron chi connectivity index (χ1n) is 12.0. The predicted molar refractivity (Wildman–Crippen MR) is 137 cm³/mol. The van der Waals surface area contributed by atoms with Crippen molar-refractivity contribution in [3.8, 4) is 28.7 Å². The van der Waals surface area contributed by atoms with Gasteiger partial charge in [0.05, 0.1) is 24.4 Å². The minimum Gasteiger partial charge on any atom is -0.494 e. The Bertz CT molecular complexity index is 1410. The van der Waals surface area contributed by atoms with Gasteiger partial charge in [0.2, 0.25) is 5.91 Å². The number of carbonyl (C=O) groups excluding carboxylic acids is 2. The summed E-state index contributed by atoms with van der Waals surface area (Å²) in [7, 11) is 1.40. The number of anilines is 2. The van der Waals surface area contributed by atoms with Gasteiger partial charge in [-0.15, -0.1) is 0 Å². The summed E-state index contributed by atoms with van der Waals surface area (Å²) in [6, 6.07) is 6.16. The van der Waals surface area contributed by atoms with Crippen LogP contribution in [-0.2, 0) is 4.79 Å². The number of hydrogen-bond acceptors (Lipinski definition) is 6. The first-order valence-corrected chi connectivity index (χ1v) is 12.8. The summed E-state index contributed by atoms with van der Waals surface area (Å²) in [4.78, 5) is 36.4. The molecule has 3 aromatic rings. The smallest absolute Gasteiger partial charge is 0.280 e. The van der Waals surface area contributed by atoms with Gasteiger partial charge in [0.25, 0.3) is 12.3 Å². The highest BCUT2D eigenvalue weighted by molar-refractivity contribution is 7.16. The summed E-state index contributed by atoms with van der Waals surface area (Å²) in [5, 5.41) is 3.17. The van der Waals surface area contributed by atoms with E-state index in [2.05, 4.69) is 27.1 Å². The standard InChI is InChI=1S/C27H24F2N4O3S/c1-36-23-15-30-22(25(28)29)13-21(23)20-12-17(33-11-3-2-4-24(33)34)8-10-19(20)26(35)32-27-31-14-18(37-27)9-7-16-5-6-16/h8,10,12-16,25H,2-6,11H2,1H3,(H,31,32,35). The van der Waals surface area contributed by atoms with Crippen molar-refractivity contribution in [3.63, 3.8) is 0 Å². The number of nitrogens with zero attached hydrogens (tertiary/aromatic N) is 3. The molecule has 2 aromatic heterocycles. The van der Waals surface area contributed by atoms with E-state index in [9.17, 15) is 18.4 Å². The summed E-state index contributed by atoms with van der Waals surface area (Å²) < 4.78 is 32.5. The van der Waals surface area contributed by atoms with E-state index in [1.807, 2.05) is 0 Å². The average molecular weight is 523 g/mol. The number of rotatable bonds is 6. The summed E-state index contributed by atoms with van der Waals surface area (Å²) in [5.41, 5.74) is 0.985. The van der Waals surface area contributed by atoms with Crippen LogP contribution in [0.4, 0.5) is 19.6 Å². The van der Waals surface area contributed by atoms with Crippen molar-refractivity contribution in [1.29, 1.82) is 0 Å². The minimum absolute atomic E-state index is 0.0213. The number of piperidine rings is 1. The summed E-state index contributed by atoms with van der Waals surface area (Å²) >= 11 is 1.26. The fraction of sp³-hybridized carbons (Fsp3) is 0.333. The number of nitrogens with one attached hydrogen (secondary N) is 1. The van der Waals surface area contributed by atoms with E-state index < -0.39 is 18.0 Å². The topological polar surface area (TPSA) is 84.4 Å². The number of carbonyl (C=O) groups is 2. The van der Waals surface area contributed by atoms with Crippen molar-refractivity contribution < 1.29 is 23.1 Å². The van der Waals surface area contributed by atoms with Crippen molar-refractivity contribution >= 4 is 34.0 Å². The van der Waals surface area contributed by atoms with Gasteiger partial charge in [-0.3, -0.25) is 19.9 Å².